The summed E-state index contributed by atoms with van der Waals surface area (Å²) in [6.07, 6.45) is 0. The van der Waals surface area contributed by atoms with Gasteiger partial charge in [0.1, 0.15) is 13.2 Å². The number of ether oxygens (including phenoxy) is 1. The number of rotatable bonds is 4. The van der Waals surface area contributed by atoms with Crippen LogP contribution in [-0.2, 0) is 4.74 Å². The molecule has 0 fully saturated rings. The van der Waals surface area contributed by atoms with Gasteiger partial charge in [0, 0.05) is 5.69 Å². The highest BCUT2D eigenvalue weighted by Crippen LogP contribution is 2.06. The molecule has 0 spiro atoms. The van der Waals surface area contributed by atoms with Crippen LogP contribution in [-0.4, -0.2) is 44.7 Å². The molecular formula is C12H19ClN2O2. The van der Waals surface area contributed by atoms with E-state index in [2.05, 4.69) is 21.1 Å². The molecule has 0 saturated heterocycles. The number of anilines is 1. The molecule has 1 rings (SSSR count). The van der Waals surface area contributed by atoms with Gasteiger partial charge in [-0.1, -0.05) is 0 Å². The van der Waals surface area contributed by atoms with Gasteiger partial charge in [-0.15, -0.1) is 0 Å². The standard InChI is InChI=1S/C12H18N2O2.ClH/c1-14(2,3)8-9-16-12(15)10-4-6-11(13)7-5-10;/h4-7H,8-9H2,1-3H3,(H-,13,15);1H. The number of hydrogen-bond acceptors (Lipinski definition) is 3. The molecule has 0 atom stereocenters. The monoisotopic (exact) mass is 258 g/mol. The number of hydrogen-bond donors (Lipinski definition) is 1. The van der Waals surface area contributed by atoms with Gasteiger partial charge in [-0.05, 0) is 24.3 Å². The van der Waals surface area contributed by atoms with Crippen molar-refractivity contribution >= 4 is 11.7 Å². The van der Waals surface area contributed by atoms with Crippen molar-refractivity contribution < 1.29 is 26.4 Å². The molecule has 17 heavy (non-hydrogen) atoms. The molecule has 0 aliphatic rings. The van der Waals surface area contributed by atoms with Gasteiger partial charge >= 0.3 is 5.97 Å². The third-order valence-corrected chi connectivity index (χ3v) is 2.14. The van der Waals surface area contributed by atoms with Crippen LogP contribution in [0.1, 0.15) is 10.4 Å². The van der Waals surface area contributed by atoms with Crippen molar-refractivity contribution in [2.75, 3.05) is 40.0 Å². The summed E-state index contributed by atoms with van der Waals surface area (Å²) in [7, 11) is 6.16. The second-order valence-electron chi connectivity index (χ2n) is 4.77. The van der Waals surface area contributed by atoms with E-state index in [9.17, 15) is 4.79 Å². The Labute approximate surface area is 108 Å². The van der Waals surface area contributed by atoms with E-state index < -0.39 is 0 Å². The topological polar surface area (TPSA) is 52.3 Å². The number of nitrogens with zero attached hydrogens (tertiary/aromatic N) is 1. The summed E-state index contributed by atoms with van der Waals surface area (Å²) in [4.78, 5) is 11.6. The first kappa shape index (κ1) is 15.7. The summed E-state index contributed by atoms with van der Waals surface area (Å²) in [5.41, 5.74) is 6.71. The summed E-state index contributed by atoms with van der Waals surface area (Å²) in [5.74, 6) is -0.298. The summed E-state index contributed by atoms with van der Waals surface area (Å²) in [5, 5.41) is 0. The highest BCUT2D eigenvalue weighted by Gasteiger charge is 2.10. The molecule has 0 amide bonds. The number of carbonyl (C=O) groups excluding carboxylic acids is 1. The molecule has 4 nitrogen and oxygen atoms in total. The lowest BCUT2D eigenvalue weighted by atomic mass is 10.2. The van der Waals surface area contributed by atoms with Crippen LogP contribution in [0, 0.1) is 0 Å². The van der Waals surface area contributed by atoms with Crippen LogP contribution in [0.3, 0.4) is 0 Å². The molecule has 5 heteroatoms. The van der Waals surface area contributed by atoms with Crippen LogP contribution in [0.25, 0.3) is 0 Å². The Morgan fingerprint density at radius 3 is 2.24 bits per heavy atom. The lowest BCUT2D eigenvalue weighted by molar-refractivity contribution is -0.870. The van der Waals surface area contributed by atoms with Crippen LogP contribution in [0.4, 0.5) is 5.69 Å². The van der Waals surface area contributed by atoms with E-state index in [1.54, 1.807) is 24.3 Å². The number of benzene rings is 1. The minimum absolute atomic E-state index is 0. The summed E-state index contributed by atoms with van der Waals surface area (Å²) in [6.45, 7) is 1.22. The van der Waals surface area contributed by atoms with E-state index in [0.29, 0.717) is 17.9 Å². The van der Waals surface area contributed by atoms with Crippen molar-refractivity contribution in [2.45, 2.75) is 0 Å². The molecule has 0 aromatic heterocycles. The zero-order chi connectivity index (χ0) is 12.2. The Hall–Kier alpha value is -1.26. The SMILES string of the molecule is C[N+](C)(C)CCOC(=O)c1ccc(N)cc1.[Cl-]. The van der Waals surface area contributed by atoms with Crippen molar-refractivity contribution in [1.82, 2.24) is 0 Å². The Morgan fingerprint density at radius 1 is 1.24 bits per heavy atom. The van der Waals surface area contributed by atoms with Gasteiger partial charge in [0.15, 0.2) is 0 Å². The second kappa shape index (κ2) is 6.47. The van der Waals surface area contributed by atoms with E-state index in [1.165, 1.54) is 0 Å². The number of halogens is 1. The maximum absolute atomic E-state index is 11.6. The van der Waals surface area contributed by atoms with E-state index in [-0.39, 0.29) is 18.4 Å². The number of nitrogens with two attached hydrogens (primary N) is 1. The maximum atomic E-state index is 11.6. The zero-order valence-electron chi connectivity index (χ0n) is 10.4. The highest BCUT2D eigenvalue weighted by atomic mass is 35.5. The molecule has 1 aromatic carbocycles. The van der Waals surface area contributed by atoms with Crippen molar-refractivity contribution in [2.24, 2.45) is 0 Å². The molecular weight excluding hydrogens is 240 g/mol. The predicted octanol–water partition coefficient (Wildman–Crippen LogP) is -1.86. The lowest BCUT2D eigenvalue weighted by Crippen LogP contribution is -3.00. The molecule has 96 valence electrons. The smallest absolute Gasteiger partial charge is 0.338 e. The van der Waals surface area contributed by atoms with Crippen LogP contribution in [0.5, 0.6) is 0 Å². The van der Waals surface area contributed by atoms with Gasteiger partial charge in [0.2, 0.25) is 0 Å². The number of esters is 1. The summed E-state index contributed by atoms with van der Waals surface area (Å²) < 4.78 is 5.92. The molecule has 0 aliphatic carbocycles. The summed E-state index contributed by atoms with van der Waals surface area (Å²) in [6, 6.07) is 6.72. The first-order valence-corrected chi connectivity index (χ1v) is 5.21. The lowest BCUT2D eigenvalue weighted by Gasteiger charge is -2.23. The fourth-order valence-corrected chi connectivity index (χ4v) is 1.11. The van der Waals surface area contributed by atoms with Crippen molar-refractivity contribution in [1.29, 1.82) is 0 Å². The van der Waals surface area contributed by atoms with Gasteiger partial charge in [0.25, 0.3) is 0 Å². The van der Waals surface area contributed by atoms with E-state index in [1.807, 2.05) is 0 Å². The zero-order valence-corrected chi connectivity index (χ0v) is 11.2. The summed E-state index contributed by atoms with van der Waals surface area (Å²) >= 11 is 0. The third kappa shape index (κ3) is 6.14. The fraction of sp³-hybridized carbons (Fsp3) is 0.417. The first-order chi connectivity index (χ1) is 7.38. The molecule has 0 saturated carbocycles. The van der Waals surface area contributed by atoms with E-state index in [0.717, 1.165) is 11.0 Å². The van der Waals surface area contributed by atoms with Gasteiger partial charge in [-0.25, -0.2) is 4.79 Å². The Bertz CT molecular complexity index is 358. The molecule has 0 heterocycles. The first-order valence-electron chi connectivity index (χ1n) is 5.21. The Morgan fingerprint density at radius 2 is 1.76 bits per heavy atom. The van der Waals surface area contributed by atoms with Crippen molar-refractivity contribution in [3.8, 4) is 0 Å². The number of likely N-dealkylation sites (N-methyl/N-ethyl adjacent to an activating group) is 1. The van der Waals surface area contributed by atoms with Gasteiger partial charge < -0.3 is 27.4 Å². The molecule has 0 aliphatic heterocycles. The molecule has 0 bridgehead atoms. The number of nitrogen functional groups attached to an aromatic ring is 1. The minimum Gasteiger partial charge on any atom is -1.00 e. The third-order valence-electron chi connectivity index (χ3n) is 2.14. The van der Waals surface area contributed by atoms with Crippen LogP contribution < -0.4 is 18.1 Å². The molecule has 2 N–H and O–H groups in total. The minimum atomic E-state index is -0.298. The van der Waals surface area contributed by atoms with E-state index >= 15 is 0 Å². The second-order valence-corrected chi connectivity index (χ2v) is 4.77. The molecule has 0 unspecified atom stereocenters. The van der Waals surface area contributed by atoms with Gasteiger partial charge in [0.05, 0.1) is 26.7 Å². The van der Waals surface area contributed by atoms with Crippen LogP contribution in [0.15, 0.2) is 24.3 Å². The Balaban J connectivity index is 0.00000256. The molecule has 0 radical (unpaired) electrons. The van der Waals surface area contributed by atoms with Crippen LogP contribution in [0.2, 0.25) is 0 Å². The van der Waals surface area contributed by atoms with Gasteiger partial charge in [-0.3, -0.25) is 0 Å². The van der Waals surface area contributed by atoms with Crippen molar-refractivity contribution in [3.63, 3.8) is 0 Å². The van der Waals surface area contributed by atoms with Crippen LogP contribution >= 0.6 is 0 Å². The fourth-order valence-electron chi connectivity index (χ4n) is 1.11. The van der Waals surface area contributed by atoms with Crippen molar-refractivity contribution in [3.05, 3.63) is 29.8 Å². The average Bonchev–Trinajstić information content (AvgIpc) is 2.16. The van der Waals surface area contributed by atoms with E-state index in [4.69, 9.17) is 10.5 Å². The largest absolute Gasteiger partial charge is 1.00 e. The quantitative estimate of drug-likeness (QED) is 0.391. The average molecular weight is 259 g/mol. The predicted molar refractivity (Wildman–Crippen MR) is 64.0 cm³/mol. The highest BCUT2D eigenvalue weighted by molar-refractivity contribution is 5.89. The van der Waals surface area contributed by atoms with Gasteiger partial charge in [-0.2, -0.15) is 0 Å². The number of carbonyl (C=O) groups is 1. The maximum Gasteiger partial charge on any atom is 0.338 e. The number of quaternary nitrogens is 1. The Kier molecular flexibility index (Phi) is 5.99. The normalized spacial score (nSPS) is 10.5. The molecule has 1 aromatic rings.